The number of nitrogens with one attached hydrogen (secondary N) is 2. The number of pyridine rings is 2. The van der Waals surface area contributed by atoms with Crippen LogP contribution in [0, 0.1) is 11.7 Å². The highest BCUT2D eigenvalue weighted by Crippen LogP contribution is 2.28. The van der Waals surface area contributed by atoms with Crippen LogP contribution < -0.4 is 15.5 Å². The van der Waals surface area contributed by atoms with Crippen LogP contribution in [0.2, 0.25) is 0 Å². The molecule has 0 unspecified atom stereocenters. The van der Waals surface area contributed by atoms with Crippen LogP contribution in [0.5, 0.6) is 0 Å². The van der Waals surface area contributed by atoms with Crippen molar-refractivity contribution in [3.63, 3.8) is 0 Å². The average molecular weight is 556 g/mol. The second-order valence-electron chi connectivity index (χ2n) is 9.77. The third-order valence-corrected chi connectivity index (χ3v) is 7.82. The van der Waals surface area contributed by atoms with Crippen LogP contribution in [0.25, 0.3) is 28.1 Å². The van der Waals surface area contributed by atoms with Gasteiger partial charge in [-0.25, -0.2) is 14.4 Å². The number of amides is 2. The lowest BCUT2D eigenvalue weighted by Crippen LogP contribution is -2.38. The molecule has 9 nitrogen and oxygen atoms in total. The fourth-order valence-corrected chi connectivity index (χ4v) is 5.66. The molecule has 0 saturated carbocycles. The van der Waals surface area contributed by atoms with Crippen LogP contribution in [0.3, 0.4) is 0 Å². The van der Waals surface area contributed by atoms with Gasteiger partial charge in [-0.1, -0.05) is 24.3 Å². The summed E-state index contributed by atoms with van der Waals surface area (Å²) >= 11 is 0.869. The zero-order valence-corrected chi connectivity index (χ0v) is 22.3. The fourth-order valence-electron chi connectivity index (χ4n) is 4.99. The summed E-state index contributed by atoms with van der Waals surface area (Å²) < 4.78 is 14.5. The topological polar surface area (TPSA) is 113 Å². The Morgan fingerprint density at radius 1 is 1.10 bits per heavy atom. The first kappa shape index (κ1) is 26.0. The van der Waals surface area contributed by atoms with Gasteiger partial charge in [0.25, 0.3) is 11.1 Å². The van der Waals surface area contributed by atoms with Crippen molar-refractivity contribution in [3.8, 4) is 11.3 Å². The molecule has 2 aliphatic rings. The molecule has 0 aliphatic carbocycles. The molecule has 4 aromatic rings. The first-order valence-corrected chi connectivity index (χ1v) is 13.9. The SMILES string of the molecule is O=C1NC(=O)C(=Cc2ccnc(N3CCC(CNCc4cc(F)cc(-c5cncc6ccccc56)n4)CC3)n2)S1. The number of piperidine rings is 1. The van der Waals surface area contributed by atoms with E-state index in [-0.39, 0.29) is 11.1 Å². The van der Waals surface area contributed by atoms with E-state index < -0.39 is 5.91 Å². The Morgan fingerprint density at radius 3 is 2.77 bits per heavy atom. The number of thioether (sulfide) groups is 1. The third kappa shape index (κ3) is 5.85. The van der Waals surface area contributed by atoms with E-state index >= 15 is 0 Å². The van der Waals surface area contributed by atoms with Gasteiger partial charge >= 0.3 is 0 Å². The molecule has 0 atom stereocenters. The van der Waals surface area contributed by atoms with Crippen LogP contribution in [-0.2, 0) is 11.3 Å². The molecule has 2 saturated heterocycles. The second kappa shape index (κ2) is 11.5. The Hall–Kier alpha value is -4.22. The lowest BCUT2D eigenvalue weighted by atomic mass is 9.97. The van der Waals surface area contributed by atoms with Gasteiger partial charge in [-0.2, -0.15) is 0 Å². The van der Waals surface area contributed by atoms with E-state index in [2.05, 4.69) is 30.5 Å². The van der Waals surface area contributed by atoms with E-state index in [1.54, 1.807) is 30.7 Å². The van der Waals surface area contributed by atoms with Crippen molar-refractivity contribution in [2.45, 2.75) is 19.4 Å². The van der Waals surface area contributed by atoms with Crippen molar-refractivity contribution in [1.82, 2.24) is 30.6 Å². The van der Waals surface area contributed by atoms with Crippen molar-refractivity contribution >= 4 is 45.7 Å². The number of imide groups is 1. The molecule has 2 aliphatic heterocycles. The van der Waals surface area contributed by atoms with Gasteiger partial charge in [0.2, 0.25) is 5.95 Å². The number of hydrogen-bond acceptors (Lipinski definition) is 9. The molecule has 0 spiro atoms. The summed E-state index contributed by atoms with van der Waals surface area (Å²) in [6, 6.07) is 12.5. The Kier molecular flexibility index (Phi) is 7.47. The van der Waals surface area contributed by atoms with Gasteiger partial charge < -0.3 is 10.2 Å². The number of anilines is 1. The molecule has 202 valence electrons. The summed E-state index contributed by atoms with van der Waals surface area (Å²) in [5, 5.41) is 7.31. The number of carbonyl (C=O) groups excluding carboxylic acids is 2. The van der Waals surface area contributed by atoms with E-state index in [4.69, 9.17) is 4.98 Å². The third-order valence-electron chi connectivity index (χ3n) is 7.01. The highest BCUT2D eigenvalue weighted by atomic mass is 32.2. The number of nitrogens with zero attached hydrogens (tertiary/aromatic N) is 5. The highest BCUT2D eigenvalue weighted by Gasteiger charge is 2.26. The standard InChI is InChI=1S/C29H26FN7O2S/c30-20-11-22(34-25(12-20)24-17-32-15-19-3-1-2-4-23(19)24)16-31-14-18-6-9-37(10-7-18)28-33-8-5-21(35-28)13-26-27(38)36-29(39)40-26/h1-5,8,11-13,15,17-18,31H,6-7,9-10,14,16H2,(H,36,38,39). The van der Waals surface area contributed by atoms with Gasteiger partial charge in [-0.15, -0.1) is 0 Å². The molecule has 40 heavy (non-hydrogen) atoms. The van der Waals surface area contributed by atoms with Crippen molar-refractivity contribution in [1.29, 1.82) is 0 Å². The number of hydrogen-bond donors (Lipinski definition) is 2. The Labute approximate surface area is 234 Å². The quantitative estimate of drug-likeness (QED) is 0.317. The summed E-state index contributed by atoms with van der Waals surface area (Å²) in [4.78, 5) is 43.7. The molecule has 6 rings (SSSR count). The predicted octanol–water partition coefficient (Wildman–Crippen LogP) is 4.56. The predicted molar refractivity (Wildman–Crippen MR) is 153 cm³/mol. The normalized spacial score (nSPS) is 17.1. The maximum absolute atomic E-state index is 14.5. The van der Waals surface area contributed by atoms with Crippen molar-refractivity contribution in [2.24, 2.45) is 5.92 Å². The number of halogens is 1. The highest BCUT2D eigenvalue weighted by molar-refractivity contribution is 8.18. The fraction of sp³-hybridized carbons (Fsp3) is 0.241. The monoisotopic (exact) mass is 555 g/mol. The number of rotatable bonds is 7. The smallest absolute Gasteiger partial charge is 0.290 e. The van der Waals surface area contributed by atoms with Crippen molar-refractivity contribution in [3.05, 3.63) is 83.2 Å². The maximum Gasteiger partial charge on any atom is 0.290 e. The molecule has 2 fully saturated rings. The number of fused-ring (bicyclic) bond motifs is 1. The first-order valence-electron chi connectivity index (χ1n) is 13.0. The van der Waals surface area contributed by atoms with Crippen LogP contribution in [0.15, 0.2) is 66.0 Å². The first-order chi connectivity index (χ1) is 19.5. The van der Waals surface area contributed by atoms with Gasteiger partial charge in [-0.05, 0) is 60.7 Å². The molecule has 2 amide bonds. The number of carbonyl (C=O) groups is 2. The Morgan fingerprint density at radius 2 is 1.95 bits per heavy atom. The zero-order chi connectivity index (χ0) is 27.5. The van der Waals surface area contributed by atoms with E-state index in [1.807, 2.05) is 24.3 Å². The molecule has 3 aromatic heterocycles. The summed E-state index contributed by atoms with van der Waals surface area (Å²) in [6.07, 6.45) is 8.71. The van der Waals surface area contributed by atoms with Crippen LogP contribution in [-0.4, -0.2) is 50.7 Å². The van der Waals surface area contributed by atoms with E-state index in [0.29, 0.717) is 40.4 Å². The van der Waals surface area contributed by atoms with E-state index in [9.17, 15) is 14.0 Å². The molecular weight excluding hydrogens is 529 g/mol. The minimum atomic E-state index is -0.404. The lowest BCUT2D eigenvalue weighted by Gasteiger charge is -2.32. The maximum atomic E-state index is 14.5. The minimum absolute atomic E-state index is 0.320. The molecule has 11 heteroatoms. The molecule has 2 N–H and O–H groups in total. The Bertz CT molecular complexity index is 1620. The van der Waals surface area contributed by atoms with Gasteiger partial charge in [0, 0.05) is 55.2 Å². The minimum Gasteiger partial charge on any atom is -0.341 e. The number of benzene rings is 1. The van der Waals surface area contributed by atoms with Crippen LogP contribution in [0.1, 0.15) is 24.2 Å². The van der Waals surface area contributed by atoms with Crippen LogP contribution in [0.4, 0.5) is 15.1 Å². The summed E-state index contributed by atoms with van der Waals surface area (Å²) in [7, 11) is 0. The largest absolute Gasteiger partial charge is 0.341 e. The second-order valence-corrected chi connectivity index (χ2v) is 10.8. The van der Waals surface area contributed by atoms with Gasteiger partial charge in [0.05, 0.1) is 22.0 Å². The van der Waals surface area contributed by atoms with Crippen molar-refractivity contribution in [2.75, 3.05) is 24.5 Å². The van der Waals surface area contributed by atoms with Gasteiger partial charge in [0.15, 0.2) is 0 Å². The lowest BCUT2D eigenvalue weighted by molar-refractivity contribution is -0.115. The molecular formula is C29H26FN7O2S. The van der Waals surface area contributed by atoms with Gasteiger partial charge in [0.1, 0.15) is 5.82 Å². The zero-order valence-electron chi connectivity index (χ0n) is 21.5. The summed E-state index contributed by atoms with van der Waals surface area (Å²) in [5.41, 5.74) is 2.62. The molecule has 0 radical (unpaired) electrons. The van der Waals surface area contributed by atoms with Crippen LogP contribution >= 0.6 is 11.8 Å². The van der Waals surface area contributed by atoms with Gasteiger partial charge in [-0.3, -0.25) is 24.9 Å². The summed E-state index contributed by atoms with van der Waals surface area (Å²) in [6.45, 7) is 2.87. The van der Waals surface area contributed by atoms with E-state index in [1.165, 1.54) is 12.1 Å². The summed E-state index contributed by atoms with van der Waals surface area (Å²) in [5.74, 6) is 0.342. The molecule has 0 bridgehead atoms. The molecule has 1 aromatic carbocycles. The number of aromatic nitrogens is 4. The van der Waals surface area contributed by atoms with Crippen molar-refractivity contribution < 1.29 is 14.0 Å². The molecule has 5 heterocycles. The van der Waals surface area contributed by atoms with E-state index in [0.717, 1.165) is 60.6 Å². The Balaban J connectivity index is 1.04. The average Bonchev–Trinajstić information content (AvgIpc) is 3.28.